The monoisotopic (exact) mass is 330 g/mol. The number of amides is 2. The van der Waals surface area contributed by atoms with Crippen LogP contribution >= 0.6 is 11.3 Å². The van der Waals surface area contributed by atoms with Crippen molar-refractivity contribution >= 4 is 23.2 Å². The highest BCUT2D eigenvalue weighted by Gasteiger charge is 2.29. The van der Waals surface area contributed by atoms with E-state index in [4.69, 9.17) is 0 Å². The summed E-state index contributed by atoms with van der Waals surface area (Å²) >= 11 is 1.40. The number of carbonyl (C=O) groups excluding carboxylic acids is 2. The molecule has 0 saturated carbocycles. The van der Waals surface area contributed by atoms with Crippen LogP contribution in [0.1, 0.15) is 46.9 Å². The fraction of sp³-hybridized carbons (Fsp3) is 0.375. The molecule has 2 amide bonds. The summed E-state index contributed by atoms with van der Waals surface area (Å²) in [5.74, 6) is -0.0517. The minimum absolute atomic E-state index is 0.00653. The Morgan fingerprint density at radius 1 is 1.43 bits per heavy atom. The molecule has 3 heterocycles. The second-order valence-corrected chi connectivity index (χ2v) is 6.41. The van der Waals surface area contributed by atoms with Crippen LogP contribution in [0.2, 0.25) is 0 Å². The summed E-state index contributed by atoms with van der Waals surface area (Å²) in [6.45, 7) is 2.67. The summed E-state index contributed by atoms with van der Waals surface area (Å²) in [5, 5.41) is 4.71. The zero-order valence-corrected chi connectivity index (χ0v) is 13.7. The molecule has 1 saturated heterocycles. The normalized spacial score (nSPS) is 17.3. The van der Waals surface area contributed by atoms with Crippen LogP contribution in [-0.2, 0) is 11.3 Å². The van der Waals surface area contributed by atoms with Gasteiger partial charge in [-0.15, -0.1) is 11.3 Å². The van der Waals surface area contributed by atoms with Crippen LogP contribution in [0.15, 0.2) is 29.9 Å². The number of nitrogens with zero attached hydrogens (tertiary/aromatic N) is 3. The van der Waals surface area contributed by atoms with Crippen LogP contribution in [0.5, 0.6) is 0 Å². The van der Waals surface area contributed by atoms with Crippen LogP contribution in [0, 0.1) is 0 Å². The van der Waals surface area contributed by atoms with Crippen molar-refractivity contribution in [3.8, 4) is 0 Å². The maximum absolute atomic E-state index is 12.0. The Hall–Kier alpha value is -2.28. The van der Waals surface area contributed by atoms with E-state index in [1.807, 2.05) is 16.3 Å². The first-order valence-corrected chi connectivity index (χ1v) is 8.43. The average Bonchev–Trinajstić information content (AvgIpc) is 3.23. The maximum Gasteiger partial charge on any atom is 0.261 e. The van der Waals surface area contributed by atoms with Gasteiger partial charge in [-0.3, -0.25) is 19.6 Å². The fourth-order valence-corrected chi connectivity index (χ4v) is 3.43. The van der Waals surface area contributed by atoms with E-state index in [1.54, 1.807) is 25.4 Å². The van der Waals surface area contributed by atoms with Crippen LogP contribution in [0.25, 0.3) is 0 Å². The smallest absolute Gasteiger partial charge is 0.261 e. The number of hydrogen-bond donors (Lipinski definition) is 1. The molecule has 1 aliphatic heterocycles. The highest BCUT2D eigenvalue weighted by Crippen LogP contribution is 2.30. The largest absolute Gasteiger partial charge is 0.346 e. The fourth-order valence-electron chi connectivity index (χ4n) is 2.79. The third kappa shape index (κ3) is 3.56. The van der Waals surface area contributed by atoms with E-state index in [9.17, 15) is 9.59 Å². The highest BCUT2D eigenvalue weighted by atomic mass is 32.1. The molecule has 1 N–H and O–H groups in total. The van der Waals surface area contributed by atoms with Gasteiger partial charge in [-0.05, 0) is 24.3 Å². The van der Waals surface area contributed by atoms with Crippen molar-refractivity contribution in [1.82, 2.24) is 20.2 Å². The van der Waals surface area contributed by atoms with E-state index in [2.05, 4.69) is 15.3 Å². The third-order valence-corrected chi connectivity index (χ3v) is 4.75. The van der Waals surface area contributed by atoms with Crippen molar-refractivity contribution in [3.05, 3.63) is 46.2 Å². The van der Waals surface area contributed by atoms with E-state index in [1.165, 1.54) is 11.3 Å². The summed E-state index contributed by atoms with van der Waals surface area (Å²) < 4.78 is 0. The quantitative estimate of drug-likeness (QED) is 0.932. The zero-order chi connectivity index (χ0) is 16.2. The lowest BCUT2D eigenvalue weighted by Gasteiger charge is -2.22. The van der Waals surface area contributed by atoms with Gasteiger partial charge in [-0.2, -0.15) is 0 Å². The van der Waals surface area contributed by atoms with Crippen LogP contribution < -0.4 is 5.32 Å². The average molecular weight is 330 g/mol. The molecule has 0 aromatic carbocycles. The first-order chi connectivity index (χ1) is 11.1. The number of likely N-dealkylation sites (tertiary alicyclic amines) is 1. The van der Waals surface area contributed by atoms with Crippen LogP contribution in [-0.4, -0.2) is 33.2 Å². The minimum Gasteiger partial charge on any atom is -0.346 e. The molecule has 0 spiro atoms. The summed E-state index contributed by atoms with van der Waals surface area (Å²) in [5.41, 5.74) is 1.49. The number of hydrogen-bond acceptors (Lipinski definition) is 5. The molecule has 120 valence electrons. The van der Waals surface area contributed by atoms with E-state index in [0.29, 0.717) is 17.1 Å². The summed E-state index contributed by atoms with van der Waals surface area (Å²) in [6.07, 6.45) is 5.23. The molecular weight excluding hydrogens is 312 g/mol. The predicted octanol–water partition coefficient (Wildman–Crippen LogP) is 2.15. The molecule has 3 rings (SSSR count). The number of aromatic nitrogens is 2. The van der Waals surface area contributed by atoms with Crippen molar-refractivity contribution in [2.45, 2.75) is 32.4 Å². The Morgan fingerprint density at radius 2 is 2.30 bits per heavy atom. The van der Waals surface area contributed by atoms with Gasteiger partial charge < -0.3 is 10.2 Å². The number of rotatable bonds is 4. The second kappa shape index (κ2) is 6.87. The number of carbonyl (C=O) groups is 2. The molecule has 0 aliphatic carbocycles. The van der Waals surface area contributed by atoms with Gasteiger partial charge in [-0.1, -0.05) is 6.07 Å². The molecule has 23 heavy (non-hydrogen) atoms. The Kier molecular flexibility index (Phi) is 4.66. The minimum atomic E-state index is -0.113. The van der Waals surface area contributed by atoms with Gasteiger partial charge in [0.2, 0.25) is 5.91 Å². The Morgan fingerprint density at radius 3 is 3.04 bits per heavy atom. The molecule has 7 heteroatoms. The Labute approximate surface area is 138 Å². The molecule has 0 radical (unpaired) electrons. The van der Waals surface area contributed by atoms with Crippen LogP contribution in [0.3, 0.4) is 0 Å². The van der Waals surface area contributed by atoms with Crippen molar-refractivity contribution < 1.29 is 9.59 Å². The zero-order valence-electron chi connectivity index (χ0n) is 12.9. The Bertz CT molecular complexity index is 702. The lowest BCUT2D eigenvalue weighted by atomic mass is 10.1. The van der Waals surface area contributed by atoms with Gasteiger partial charge >= 0.3 is 0 Å². The van der Waals surface area contributed by atoms with Gasteiger partial charge in [0.15, 0.2) is 0 Å². The van der Waals surface area contributed by atoms with E-state index in [-0.39, 0.29) is 17.9 Å². The number of nitrogens with one attached hydrogen (secondary N) is 1. The van der Waals surface area contributed by atoms with Crippen LogP contribution in [0.4, 0.5) is 0 Å². The van der Waals surface area contributed by atoms with Crippen molar-refractivity contribution in [2.24, 2.45) is 0 Å². The van der Waals surface area contributed by atoms with Gasteiger partial charge in [0.1, 0.15) is 0 Å². The summed E-state index contributed by atoms with van der Waals surface area (Å²) in [4.78, 5) is 34.9. The third-order valence-electron chi connectivity index (χ3n) is 3.88. The first-order valence-electron chi connectivity index (χ1n) is 7.55. The summed E-state index contributed by atoms with van der Waals surface area (Å²) in [6, 6.07) is 3.62. The van der Waals surface area contributed by atoms with E-state index in [0.717, 1.165) is 25.1 Å². The van der Waals surface area contributed by atoms with E-state index >= 15 is 0 Å². The van der Waals surface area contributed by atoms with E-state index < -0.39 is 0 Å². The van der Waals surface area contributed by atoms with Gasteiger partial charge in [0.25, 0.3) is 5.91 Å². The first kappa shape index (κ1) is 15.6. The molecule has 1 fully saturated rings. The van der Waals surface area contributed by atoms with Crippen molar-refractivity contribution in [1.29, 1.82) is 0 Å². The lowest BCUT2D eigenvalue weighted by molar-refractivity contribution is -0.129. The molecule has 1 atom stereocenters. The Balaban J connectivity index is 1.68. The van der Waals surface area contributed by atoms with Gasteiger partial charge in [-0.25, -0.2) is 0 Å². The topological polar surface area (TPSA) is 75.2 Å². The summed E-state index contributed by atoms with van der Waals surface area (Å²) in [7, 11) is 0. The predicted molar refractivity (Wildman–Crippen MR) is 86.9 cm³/mol. The lowest BCUT2D eigenvalue weighted by Crippen LogP contribution is -2.29. The number of thiophene rings is 1. The van der Waals surface area contributed by atoms with Gasteiger partial charge in [0.05, 0.1) is 41.2 Å². The molecule has 6 nitrogen and oxygen atoms in total. The molecule has 0 bridgehead atoms. The molecule has 1 aliphatic rings. The molecule has 2 aromatic rings. The molecular formula is C16H18N4O2S. The van der Waals surface area contributed by atoms with Gasteiger partial charge in [0, 0.05) is 13.5 Å². The maximum atomic E-state index is 12.0. The van der Waals surface area contributed by atoms with Crippen molar-refractivity contribution in [2.75, 3.05) is 6.54 Å². The SMILES string of the molecule is CC(=O)N1CCC[C@@H]1c1cncc(CNC(=O)c2cccs2)n1. The van der Waals surface area contributed by atoms with Crippen molar-refractivity contribution in [3.63, 3.8) is 0 Å². The molecule has 0 unspecified atom stereocenters. The standard InChI is InChI=1S/C16H18N4O2S/c1-11(21)20-6-2-4-14(20)13-10-17-8-12(19-13)9-18-16(22)15-5-3-7-23-15/h3,5,7-8,10,14H,2,4,6,9H2,1H3,(H,18,22)/t14-/m1/s1. The highest BCUT2D eigenvalue weighted by molar-refractivity contribution is 7.12. The second-order valence-electron chi connectivity index (χ2n) is 5.47. The molecule has 2 aromatic heterocycles.